The van der Waals surface area contributed by atoms with Crippen LogP contribution in [0, 0.1) is 0 Å². The Kier molecular flexibility index (Phi) is 3.31. The zero-order valence-electron chi connectivity index (χ0n) is 9.85. The highest BCUT2D eigenvalue weighted by atomic mass is 16.7. The number of rotatable bonds is 1. The van der Waals surface area contributed by atoms with E-state index in [1.54, 1.807) is 4.90 Å². The van der Waals surface area contributed by atoms with Crippen molar-refractivity contribution in [3.8, 4) is 0 Å². The van der Waals surface area contributed by atoms with E-state index in [1.165, 1.54) is 0 Å². The fraction of sp³-hybridized carbons (Fsp3) is 0.727. The lowest BCUT2D eigenvalue weighted by molar-refractivity contribution is -0.174. The topological polar surface area (TPSA) is 66.9 Å². The number of carbonyl (C=O) groups is 3. The fourth-order valence-corrected chi connectivity index (χ4v) is 2.16. The lowest BCUT2D eigenvalue weighted by Gasteiger charge is -2.32. The van der Waals surface area contributed by atoms with Crippen LogP contribution < -0.4 is 0 Å². The number of likely N-dealkylation sites (tertiary alicyclic amines) is 1. The van der Waals surface area contributed by atoms with E-state index in [0.717, 1.165) is 19.3 Å². The van der Waals surface area contributed by atoms with Crippen LogP contribution in [0.4, 0.5) is 4.79 Å². The molecule has 0 spiro atoms. The number of imide groups is 1. The molecule has 6 heteroatoms. The van der Waals surface area contributed by atoms with Crippen LogP contribution in [0.2, 0.25) is 0 Å². The summed E-state index contributed by atoms with van der Waals surface area (Å²) in [4.78, 5) is 40.8. The third kappa shape index (κ3) is 2.40. The molecule has 0 saturated carbocycles. The molecule has 0 aromatic heterocycles. The van der Waals surface area contributed by atoms with Crippen molar-refractivity contribution in [3.05, 3.63) is 0 Å². The number of piperidine rings is 1. The van der Waals surface area contributed by atoms with E-state index >= 15 is 0 Å². The molecule has 0 bridgehead atoms. The first kappa shape index (κ1) is 11.9. The van der Waals surface area contributed by atoms with E-state index < -0.39 is 17.9 Å². The van der Waals surface area contributed by atoms with Gasteiger partial charge in [0.05, 0.1) is 0 Å². The van der Waals surface area contributed by atoms with Crippen LogP contribution in [0.15, 0.2) is 0 Å². The Morgan fingerprint density at radius 2 is 1.88 bits per heavy atom. The molecule has 94 valence electrons. The van der Waals surface area contributed by atoms with E-state index in [4.69, 9.17) is 4.84 Å². The predicted molar refractivity (Wildman–Crippen MR) is 57.6 cm³/mol. The summed E-state index contributed by atoms with van der Waals surface area (Å²) in [5.74, 6) is -0.874. The maximum Gasteiger partial charge on any atom is 0.435 e. The predicted octanol–water partition coefficient (Wildman–Crippen LogP) is 1.06. The van der Waals surface area contributed by atoms with E-state index in [-0.39, 0.29) is 18.9 Å². The molecule has 0 aromatic carbocycles. The van der Waals surface area contributed by atoms with Crippen molar-refractivity contribution in [2.24, 2.45) is 0 Å². The molecule has 2 fully saturated rings. The number of hydrogen-bond donors (Lipinski definition) is 0. The summed E-state index contributed by atoms with van der Waals surface area (Å²) >= 11 is 0. The standard InChI is InChI=1S/C11H16N2O4/c1-8-4-2-3-7-12(8)11(16)17-13-9(14)5-6-10(13)15/h8H,2-7H2,1H3/t8-/m1/s1. The summed E-state index contributed by atoms with van der Waals surface area (Å²) in [5.41, 5.74) is 0. The molecule has 2 aliphatic heterocycles. The van der Waals surface area contributed by atoms with Crippen LogP contribution in [0.3, 0.4) is 0 Å². The number of amides is 3. The second kappa shape index (κ2) is 4.73. The zero-order chi connectivity index (χ0) is 12.4. The Bertz CT molecular complexity index is 339. The lowest BCUT2D eigenvalue weighted by atomic mass is 10.0. The van der Waals surface area contributed by atoms with Crippen LogP contribution in [-0.4, -0.2) is 40.5 Å². The summed E-state index contributed by atoms with van der Waals surface area (Å²) < 4.78 is 0. The van der Waals surface area contributed by atoms with E-state index in [2.05, 4.69) is 0 Å². The highest BCUT2D eigenvalue weighted by Crippen LogP contribution is 2.19. The second-order valence-electron chi connectivity index (χ2n) is 4.48. The highest BCUT2D eigenvalue weighted by molar-refractivity contribution is 6.01. The van der Waals surface area contributed by atoms with Gasteiger partial charge in [-0.25, -0.2) is 4.79 Å². The molecule has 17 heavy (non-hydrogen) atoms. The molecule has 2 aliphatic rings. The van der Waals surface area contributed by atoms with Gasteiger partial charge in [-0.15, -0.1) is 5.06 Å². The quantitative estimate of drug-likeness (QED) is 0.643. The van der Waals surface area contributed by atoms with Gasteiger partial charge in [0.15, 0.2) is 0 Å². The fourth-order valence-electron chi connectivity index (χ4n) is 2.16. The van der Waals surface area contributed by atoms with Gasteiger partial charge >= 0.3 is 6.09 Å². The summed E-state index contributed by atoms with van der Waals surface area (Å²) in [6, 6.07) is 0.101. The van der Waals surface area contributed by atoms with Crippen molar-refractivity contribution >= 4 is 17.9 Å². The number of nitrogens with zero attached hydrogens (tertiary/aromatic N) is 2. The van der Waals surface area contributed by atoms with Gasteiger partial charge in [-0.2, -0.15) is 0 Å². The summed E-state index contributed by atoms with van der Waals surface area (Å²) in [7, 11) is 0. The first-order chi connectivity index (χ1) is 8.09. The van der Waals surface area contributed by atoms with Gasteiger partial charge in [-0.3, -0.25) is 9.59 Å². The average Bonchev–Trinajstić information content (AvgIpc) is 2.61. The molecular formula is C11H16N2O4. The van der Waals surface area contributed by atoms with Crippen molar-refractivity contribution < 1.29 is 19.2 Å². The monoisotopic (exact) mass is 240 g/mol. The normalized spacial score (nSPS) is 25.4. The molecule has 1 atom stereocenters. The molecule has 2 rings (SSSR count). The molecule has 0 radical (unpaired) electrons. The van der Waals surface area contributed by atoms with Crippen LogP contribution >= 0.6 is 0 Å². The minimum Gasteiger partial charge on any atom is -0.311 e. The van der Waals surface area contributed by atoms with Crippen molar-refractivity contribution in [1.29, 1.82) is 0 Å². The number of carbonyl (C=O) groups excluding carboxylic acids is 3. The molecule has 0 N–H and O–H groups in total. The van der Waals surface area contributed by atoms with Crippen molar-refractivity contribution in [1.82, 2.24) is 9.96 Å². The third-order valence-electron chi connectivity index (χ3n) is 3.21. The van der Waals surface area contributed by atoms with Crippen molar-refractivity contribution in [2.75, 3.05) is 6.54 Å². The van der Waals surface area contributed by atoms with Gasteiger partial charge in [0.2, 0.25) is 0 Å². The lowest BCUT2D eigenvalue weighted by Crippen LogP contribution is -2.45. The molecule has 0 aromatic rings. The Labute approximate surface area is 99.4 Å². The maximum absolute atomic E-state index is 11.8. The van der Waals surface area contributed by atoms with Gasteiger partial charge < -0.3 is 9.74 Å². The Balaban J connectivity index is 1.96. The van der Waals surface area contributed by atoms with Gasteiger partial charge in [-0.1, -0.05) is 0 Å². The molecule has 2 heterocycles. The SMILES string of the molecule is C[C@@H]1CCCCN1C(=O)ON1C(=O)CCC1=O. The summed E-state index contributed by atoms with van der Waals surface area (Å²) in [6.07, 6.45) is 2.61. The minimum atomic E-state index is -0.596. The third-order valence-corrected chi connectivity index (χ3v) is 3.21. The Morgan fingerprint density at radius 1 is 1.24 bits per heavy atom. The van der Waals surface area contributed by atoms with Crippen LogP contribution in [-0.2, 0) is 14.4 Å². The molecule has 0 aliphatic carbocycles. The summed E-state index contributed by atoms with van der Waals surface area (Å²) in [6.45, 7) is 2.56. The number of hydroxylamine groups is 2. The van der Waals surface area contributed by atoms with Crippen LogP contribution in [0.1, 0.15) is 39.0 Å². The van der Waals surface area contributed by atoms with Crippen LogP contribution in [0.25, 0.3) is 0 Å². The molecule has 3 amide bonds. The van der Waals surface area contributed by atoms with Crippen LogP contribution in [0.5, 0.6) is 0 Å². The van der Waals surface area contributed by atoms with E-state index in [0.29, 0.717) is 11.6 Å². The second-order valence-corrected chi connectivity index (χ2v) is 4.48. The van der Waals surface area contributed by atoms with Gasteiger partial charge in [0.25, 0.3) is 11.8 Å². The van der Waals surface area contributed by atoms with Crippen molar-refractivity contribution in [2.45, 2.75) is 45.1 Å². The number of hydrogen-bond acceptors (Lipinski definition) is 4. The first-order valence-corrected chi connectivity index (χ1v) is 5.94. The van der Waals surface area contributed by atoms with E-state index in [1.807, 2.05) is 6.92 Å². The van der Waals surface area contributed by atoms with Gasteiger partial charge in [-0.05, 0) is 26.2 Å². The van der Waals surface area contributed by atoms with E-state index in [9.17, 15) is 14.4 Å². The smallest absolute Gasteiger partial charge is 0.311 e. The first-order valence-electron chi connectivity index (χ1n) is 5.94. The summed E-state index contributed by atoms with van der Waals surface area (Å²) in [5, 5.41) is 0.601. The largest absolute Gasteiger partial charge is 0.435 e. The van der Waals surface area contributed by atoms with Gasteiger partial charge in [0, 0.05) is 25.4 Å². The Hall–Kier alpha value is -1.59. The molecular weight excluding hydrogens is 224 g/mol. The highest BCUT2D eigenvalue weighted by Gasteiger charge is 2.35. The zero-order valence-corrected chi connectivity index (χ0v) is 9.85. The van der Waals surface area contributed by atoms with Crippen molar-refractivity contribution in [3.63, 3.8) is 0 Å². The minimum absolute atomic E-state index is 0.101. The Morgan fingerprint density at radius 3 is 2.47 bits per heavy atom. The molecule has 0 unspecified atom stereocenters. The maximum atomic E-state index is 11.8. The average molecular weight is 240 g/mol. The molecule has 2 saturated heterocycles. The molecule has 6 nitrogen and oxygen atoms in total. The van der Waals surface area contributed by atoms with Gasteiger partial charge in [0.1, 0.15) is 0 Å².